The molecule has 0 aromatic rings. The molecule has 0 bridgehead atoms. The van der Waals surface area contributed by atoms with Crippen molar-refractivity contribution in [3.05, 3.63) is 0 Å². The lowest BCUT2D eigenvalue weighted by Crippen LogP contribution is -2.60. The Bertz CT molecular complexity index is 305. The lowest BCUT2D eigenvalue weighted by Gasteiger charge is -2.40. The molecular weight excluding hydrogens is 180 g/mol. The van der Waals surface area contributed by atoms with Gasteiger partial charge in [0.05, 0.1) is 5.41 Å². The molecule has 2 aliphatic carbocycles. The molecule has 0 radical (unpaired) electrons. The van der Waals surface area contributed by atoms with Crippen molar-refractivity contribution in [1.82, 2.24) is 10.2 Å². The number of nitrogens with zero attached hydrogens (tertiary/aromatic N) is 1. The molecule has 3 amide bonds. The summed E-state index contributed by atoms with van der Waals surface area (Å²) in [6.07, 6.45) is 5.05. The highest BCUT2D eigenvalue weighted by atomic mass is 16.2. The van der Waals surface area contributed by atoms with Crippen LogP contribution < -0.4 is 5.32 Å². The van der Waals surface area contributed by atoms with Crippen LogP contribution in [0.1, 0.15) is 32.1 Å². The number of imide groups is 1. The first-order valence-electron chi connectivity index (χ1n) is 5.34. The van der Waals surface area contributed by atoms with Crippen LogP contribution in [-0.4, -0.2) is 29.4 Å². The molecule has 1 spiro atoms. The van der Waals surface area contributed by atoms with Crippen LogP contribution in [-0.2, 0) is 4.79 Å². The molecular formula is C10H14N2O2. The molecule has 2 saturated carbocycles. The van der Waals surface area contributed by atoms with Crippen LogP contribution in [0.15, 0.2) is 0 Å². The Morgan fingerprint density at radius 3 is 2.50 bits per heavy atom. The van der Waals surface area contributed by atoms with E-state index in [4.69, 9.17) is 0 Å². The Morgan fingerprint density at radius 1 is 1.29 bits per heavy atom. The van der Waals surface area contributed by atoms with Crippen LogP contribution in [0.25, 0.3) is 0 Å². The Balaban J connectivity index is 1.84. The minimum absolute atomic E-state index is 0.0888. The molecule has 0 unspecified atom stereocenters. The summed E-state index contributed by atoms with van der Waals surface area (Å²) in [7, 11) is 0. The van der Waals surface area contributed by atoms with Gasteiger partial charge in [0.2, 0.25) is 5.91 Å². The quantitative estimate of drug-likeness (QED) is 0.673. The molecule has 14 heavy (non-hydrogen) atoms. The van der Waals surface area contributed by atoms with Crippen LogP contribution in [0.5, 0.6) is 0 Å². The predicted molar refractivity (Wildman–Crippen MR) is 49.6 cm³/mol. The predicted octanol–water partition coefficient (Wildman–Crippen LogP) is 0.871. The highest BCUT2D eigenvalue weighted by molar-refractivity contribution is 6.01. The monoisotopic (exact) mass is 194 g/mol. The second-order valence-corrected chi connectivity index (χ2v) is 4.70. The van der Waals surface area contributed by atoms with E-state index in [1.54, 1.807) is 0 Å². The number of carbonyl (C=O) groups excluding carboxylic acids is 2. The molecule has 0 aromatic heterocycles. The van der Waals surface area contributed by atoms with Crippen molar-refractivity contribution in [3.8, 4) is 0 Å². The minimum Gasteiger partial charge on any atom is -0.337 e. The van der Waals surface area contributed by atoms with E-state index in [1.807, 2.05) is 0 Å². The van der Waals surface area contributed by atoms with E-state index in [0.717, 1.165) is 32.1 Å². The molecule has 4 heteroatoms. The first-order valence-corrected chi connectivity index (χ1v) is 5.34. The molecule has 0 atom stereocenters. The fraction of sp³-hybridized carbons (Fsp3) is 0.800. The van der Waals surface area contributed by atoms with Gasteiger partial charge in [0.1, 0.15) is 0 Å². The van der Waals surface area contributed by atoms with E-state index in [9.17, 15) is 9.59 Å². The Hall–Kier alpha value is -1.06. The van der Waals surface area contributed by atoms with Crippen molar-refractivity contribution < 1.29 is 9.59 Å². The van der Waals surface area contributed by atoms with Crippen molar-refractivity contribution in [2.75, 3.05) is 6.54 Å². The number of rotatable bonds is 1. The zero-order valence-corrected chi connectivity index (χ0v) is 8.08. The lowest BCUT2D eigenvalue weighted by molar-refractivity contribution is -0.138. The lowest BCUT2D eigenvalue weighted by atomic mass is 9.89. The summed E-state index contributed by atoms with van der Waals surface area (Å²) in [4.78, 5) is 25.1. The number of carbonyl (C=O) groups is 2. The third-order valence-corrected chi connectivity index (χ3v) is 3.76. The van der Waals surface area contributed by atoms with Gasteiger partial charge >= 0.3 is 6.03 Å². The second-order valence-electron chi connectivity index (χ2n) is 4.70. The highest BCUT2D eigenvalue weighted by Gasteiger charge is 2.57. The number of amides is 3. The SMILES string of the molecule is O=C1NCC2(CC2)C(=O)N1C1CCC1. The van der Waals surface area contributed by atoms with Gasteiger partial charge in [-0.05, 0) is 32.1 Å². The highest BCUT2D eigenvalue weighted by Crippen LogP contribution is 2.49. The molecule has 1 heterocycles. The Kier molecular flexibility index (Phi) is 1.47. The largest absolute Gasteiger partial charge is 0.337 e. The van der Waals surface area contributed by atoms with Crippen molar-refractivity contribution >= 4 is 11.9 Å². The fourth-order valence-corrected chi connectivity index (χ4v) is 2.27. The van der Waals surface area contributed by atoms with Crippen LogP contribution >= 0.6 is 0 Å². The maximum absolute atomic E-state index is 12.0. The van der Waals surface area contributed by atoms with Crippen molar-refractivity contribution in [2.45, 2.75) is 38.1 Å². The number of hydrogen-bond acceptors (Lipinski definition) is 2. The molecule has 1 saturated heterocycles. The molecule has 1 N–H and O–H groups in total. The summed E-state index contributed by atoms with van der Waals surface area (Å²) in [5, 5.41) is 2.83. The van der Waals surface area contributed by atoms with E-state index >= 15 is 0 Å². The maximum Gasteiger partial charge on any atom is 0.324 e. The first kappa shape index (κ1) is 8.26. The minimum atomic E-state index is -0.191. The van der Waals surface area contributed by atoms with Gasteiger partial charge in [0.15, 0.2) is 0 Å². The second kappa shape index (κ2) is 2.49. The number of hydrogen-bond donors (Lipinski definition) is 1. The van der Waals surface area contributed by atoms with Crippen LogP contribution in [0.3, 0.4) is 0 Å². The zero-order chi connectivity index (χ0) is 9.76. The standard InChI is InChI=1S/C10H14N2O2/c13-8-10(4-5-10)6-11-9(14)12(8)7-2-1-3-7/h7H,1-6H2,(H,11,14). The van der Waals surface area contributed by atoms with E-state index < -0.39 is 0 Å². The van der Waals surface area contributed by atoms with E-state index in [-0.39, 0.29) is 23.4 Å². The van der Waals surface area contributed by atoms with Gasteiger partial charge in [0, 0.05) is 12.6 Å². The van der Waals surface area contributed by atoms with Gasteiger partial charge in [-0.2, -0.15) is 0 Å². The van der Waals surface area contributed by atoms with Crippen LogP contribution in [0, 0.1) is 5.41 Å². The topological polar surface area (TPSA) is 49.4 Å². The van der Waals surface area contributed by atoms with Gasteiger partial charge in [-0.3, -0.25) is 9.69 Å². The molecule has 0 aromatic carbocycles. The van der Waals surface area contributed by atoms with Gasteiger partial charge in [0.25, 0.3) is 0 Å². The summed E-state index contributed by atoms with van der Waals surface area (Å²) in [5.74, 6) is 0.0888. The van der Waals surface area contributed by atoms with E-state index in [1.165, 1.54) is 4.90 Å². The molecule has 76 valence electrons. The van der Waals surface area contributed by atoms with Crippen LogP contribution in [0.2, 0.25) is 0 Å². The summed E-state index contributed by atoms with van der Waals surface area (Å²) in [6.45, 7) is 0.563. The normalized spacial score (nSPS) is 30.1. The van der Waals surface area contributed by atoms with Gasteiger partial charge < -0.3 is 5.32 Å². The molecule has 4 nitrogen and oxygen atoms in total. The maximum atomic E-state index is 12.0. The van der Waals surface area contributed by atoms with Crippen LogP contribution in [0.4, 0.5) is 4.79 Å². The molecule has 3 fully saturated rings. The zero-order valence-electron chi connectivity index (χ0n) is 8.08. The third-order valence-electron chi connectivity index (χ3n) is 3.76. The third kappa shape index (κ3) is 0.938. The average Bonchev–Trinajstić information content (AvgIpc) is 2.84. The first-order chi connectivity index (χ1) is 6.73. The van der Waals surface area contributed by atoms with Gasteiger partial charge in [-0.15, -0.1) is 0 Å². The Morgan fingerprint density at radius 2 is 2.00 bits per heavy atom. The number of nitrogens with one attached hydrogen (secondary N) is 1. The van der Waals surface area contributed by atoms with Crippen molar-refractivity contribution in [2.24, 2.45) is 5.41 Å². The van der Waals surface area contributed by atoms with E-state index in [0.29, 0.717) is 6.54 Å². The summed E-state index contributed by atoms with van der Waals surface area (Å²) in [5.41, 5.74) is -0.191. The molecule has 1 aliphatic heterocycles. The van der Waals surface area contributed by atoms with Crippen molar-refractivity contribution in [3.63, 3.8) is 0 Å². The van der Waals surface area contributed by atoms with E-state index in [2.05, 4.69) is 5.32 Å². The Labute approximate surface area is 82.6 Å². The molecule has 3 rings (SSSR count). The fourth-order valence-electron chi connectivity index (χ4n) is 2.27. The number of urea groups is 1. The van der Waals surface area contributed by atoms with Gasteiger partial charge in [-0.25, -0.2) is 4.79 Å². The van der Waals surface area contributed by atoms with Gasteiger partial charge in [-0.1, -0.05) is 0 Å². The summed E-state index contributed by atoms with van der Waals surface area (Å²) in [6, 6.07) is 0.0255. The average molecular weight is 194 g/mol. The molecule has 3 aliphatic rings. The smallest absolute Gasteiger partial charge is 0.324 e. The summed E-state index contributed by atoms with van der Waals surface area (Å²) >= 11 is 0. The van der Waals surface area contributed by atoms with Crippen molar-refractivity contribution in [1.29, 1.82) is 0 Å². The summed E-state index contributed by atoms with van der Waals surface area (Å²) < 4.78 is 0.